The van der Waals surface area contributed by atoms with Gasteiger partial charge >= 0.3 is 0 Å². The first-order chi connectivity index (χ1) is 15.5. The van der Waals surface area contributed by atoms with Gasteiger partial charge in [-0.2, -0.15) is 0 Å². The topological polar surface area (TPSA) is 67.9 Å². The van der Waals surface area contributed by atoms with E-state index in [4.69, 9.17) is 21.1 Å². The highest BCUT2D eigenvalue weighted by Gasteiger charge is 2.34. The van der Waals surface area contributed by atoms with Gasteiger partial charge in [-0.1, -0.05) is 41.9 Å². The summed E-state index contributed by atoms with van der Waals surface area (Å²) in [5.41, 5.74) is 3.05. The first-order valence-electron chi connectivity index (χ1n) is 10.2. The first-order valence-corrected chi connectivity index (χ1v) is 10.5. The van der Waals surface area contributed by atoms with E-state index < -0.39 is 6.04 Å². The lowest BCUT2D eigenvalue weighted by molar-refractivity contribution is -0.117. The molecule has 0 aliphatic carbocycles. The van der Waals surface area contributed by atoms with E-state index in [-0.39, 0.29) is 18.2 Å². The fourth-order valence-electron chi connectivity index (χ4n) is 3.89. The Morgan fingerprint density at radius 3 is 2.47 bits per heavy atom. The maximum atomic E-state index is 13.1. The van der Waals surface area contributed by atoms with Crippen molar-refractivity contribution in [1.82, 2.24) is 4.90 Å². The Balaban J connectivity index is 1.59. The van der Waals surface area contributed by atoms with Crippen LogP contribution >= 0.6 is 11.6 Å². The lowest BCUT2D eigenvalue weighted by Gasteiger charge is -2.28. The van der Waals surface area contributed by atoms with Crippen LogP contribution in [0.4, 0.5) is 5.69 Å². The summed E-state index contributed by atoms with van der Waals surface area (Å²) in [5, 5.41) is 3.28. The molecule has 1 atom stereocenters. The molecule has 1 aliphatic heterocycles. The van der Waals surface area contributed by atoms with Crippen molar-refractivity contribution in [2.24, 2.45) is 0 Å². The number of ether oxygens (including phenoxy) is 2. The maximum absolute atomic E-state index is 13.1. The zero-order chi connectivity index (χ0) is 22.7. The van der Waals surface area contributed by atoms with E-state index >= 15 is 0 Å². The molecular formula is C25H23ClN2O4. The third-order valence-corrected chi connectivity index (χ3v) is 5.84. The number of hydrogen-bond donors (Lipinski definition) is 1. The van der Waals surface area contributed by atoms with Gasteiger partial charge in [0, 0.05) is 17.8 Å². The van der Waals surface area contributed by atoms with Crippen molar-refractivity contribution in [1.29, 1.82) is 0 Å². The monoisotopic (exact) mass is 450 g/mol. The molecule has 0 radical (unpaired) electrons. The fourth-order valence-corrected chi connectivity index (χ4v) is 4.15. The number of rotatable bonds is 7. The van der Waals surface area contributed by atoms with Gasteiger partial charge in [0.05, 0.1) is 31.7 Å². The highest BCUT2D eigenvalue weighted by Crippen LogP contribution is 2.34. The predicted octanol–water partition coefficient (Wildman–Crippen LogP) is 5.08. The van der Waals surface area contributed by atoms with Gasteiger partial charge in [0.1, 0.15) is 11.5 Å². The number of carbonyl (C=O) groups is 2. The number of fused-ring (bicyclic) bond motifs is 1. The van der Waals surface area contributed by atoms with Crippen LogP contribution in [0.3, 0.4) is 0 Å². The highest BCUT2D eigenvalue weighted by molar-refractivity contribution is 6.32. The maximum Gasteiger partial charge on any atom is 0.255 e. The second-order valence-corrected chi connectivity index (χ2v) is 7.89. The van der Waals surface area contributed by atoms with Crippen LogP contribution < -0.4 is 14.8 Å². The molecule has 3 aromatic carbocycles. The molecule has 0 saturated carbocycles. The summed E-state index contributed by atoms with van der Waals surface area (Å²) in [4.78, 5) is 27.8. The first kappa shape index (κ1) is 21.7. The number of nitrogens with zero attached hydrogens (tertiary/aromatic N) is 1. The molecule has 0 bridgehead atoms. The Kier molecular flexibility index (Phi) is 6.32. The quantitative estimate of drug-likeness (QED) is 0.544. The molecule has 7 heteroatoms. The van der Waals surface area contributed by atoms with Crippen LogP contribution in [0.2, 0.25) is 5.02 Å². The van der Waals surface area contributed by atoms with Gasteiger partial charge in [0.2, 0.25) is 5.91 Å². The predicted molar refractivity (Wildman–Crippen MR) is 123 cm³/mol. The number of methoxy groups -OCH3 is 2. The van der Waals surface area contributed by atoms with Gasteiger partial charge in [0.25, 0.3) is 5.91 Å². The summed E-state index contributed by atoms with van der Waals surface area (Å²) in [6, 6.07) is 19.6. The number of anilines is 1. The van der Waals surface area contributed by atoms with Crippen molar-refractivity contribution in [3.8, 4) is 11.5 Å². The van der Waals surface area contributed by atoms with Gasteiger partial charge in [-0.05, 0) is 47.5 Å². The minimum Gasteiger partial charge on any atom is -0.497 e. The smallest absolute Gasteiger partial charge is 0.255 e. The second kappa shape index (κ2) is 9.32. The molecule has 32 heavy (non-hydrogen) atoms. The average Bonchev–Trinajstić information content (AvgIpc) is 3.14. The molecule has 1 heterocycles. The van der Waals surface area contributed by atoms with E-state index in [1.54, 1.807) is 30.2 Å². The van der Waals surface area contributed by atoms with Crippen LogP contribution in [0.1, 0.15) is 33.9 Å². The van der Waals surface area contributed by atoms with E-state index in [1.807, 2.05) is 48.5 Å². The van der Waals surface area contributed by atoms with Crippen LogP contribution in [0.5, 0.6) is 11.5 Å². The third-order valence-electron chi connectivity index (χ3n) is 5.54. The normalized spacial score (nSPS) is 13.5. The second-order valence-electron chi connectivity index (χ2n) is 7.48. The molecule has 0 saturated heterocycles. The highest BCUT2D eigenvalue weighted by atomic mass is 35.5. The van der Waals surface area contributed by atoms with Gasteiger partial charge in [-0.15, -0.1) is 0 Å². The van der Waals surface area contributed by atoms with E-state index in [1.165, 1.54) is 7.11 Å². The fraction of sp³-hybridized carbons (Fsp3) is 0.200. The van der Waals surface area contributed by atoms with Crippen LogP contribution in [0, 0.1) is 0 Å². The SMILES string of the molecule is COc1ccc(C(CC(=O)Nc2ccc(OC)c(Cl)c2)N2Cc3ccccc3C2=O)cc1. The molecule has 164 valence electrons. The summed E-state index contributed by atoms with van der Waals surface area (Å²) >= 11 is 6.18. The average molecular weight is 451 g/mol. The molecule has 1 aliphatic rings. The summed E-state index contributed by atoms with van der Waals surface area (Å²) in [6.45, 7) is 0.452. The minimum absolute atomic E-state index is 0.0818. The molecule has 1 N–H and O–H groups in total. The van der Waals surface area contributed by atoms with E-state index in [0.717, 1.165) is 11.1 Å². The van der Waals surface area contributed by atoms with E-state index in [2.05, 4.69) is 5.32 Å². The Hall–Kier alpha value is -3.51. The summed E-state index contributed by atoms with van der Waals surface area (Å²) < 4.78 is 10.4. The standard InChI is InChI=1S/C25H23ClN2O4/c1-31-19-10-7-16(8-11-19)22(28-15-17-5-3-4-6-20(17)25(28)30)14-24(29)27-18-9-12-23(32-2)21(26)13-18/h3-13,22H,14-15H2,1-2H3,(H,27,29). The Morgan fingerprint density at radius 2 is 1.81 bits per heavy atom. The van der Waals surface area contributed by atoms with Crippen LogP contribution in [0.15, 0.2) is 66.7 Å². The molecule has 1 unspecified atom stereocenters. The van der Waals surface area contributed by atoms with Crippen LogP contribution in [0.25, 0.3) is 0 Å². The number of carbonyl (C=O) groups excluding carboxylic acids is 2. The number of amides is 2. The number of nitrogens with one attached hydrogen (secondary N) is 1. The zero-order valence-electron chi connectivity index (χ0n) is 17.8. The molecular weight excluding hydrogens is 428 g/mol. The van der Waals surface area contributed by atoms with Crippen molar-refractivity contribution in [3.63, 3.8) is 0 Å². The van der Waals surface area contributed by atoms with Crippen LogP contribution in [-0.4, -0.2) is 30.9 Å². The van der Waals surface area contributed by atoms with Gasteiger partial charge in [-0.3, -0.25) is 9.59 Å². The Bertz CT molecular complexity index is 1150. The van der Waals surface area contributed by atoms with Crippen LogP contribution in [-0.2, 0) is 11.3 Å². The van der Waals surface area contributed by atoms with Crippen molar-refractivity contribution in [2.75, 3.05) is 19.5 Å². The molecule has 2 amide bonds. The van der Waals surface area contributed by atoms with Crippen molar-refractivity contribution in [2.45, 2.75) is 19.0 Å². The van der Waals surface area contributed by atoms with Gasteiger partial charge in [0.15, 0.2) is 0 Å². The molecule has 0 fully saturated rings. The molecule has 4 rings (SSSR count). The largest absolute Gasteiger partial charge is 0.497 e. The van der Waals surface area contributed by atoms with Crippen molar-refractivity contribution in [3.05, 3.63) is 88.4 Å². The molecule has 0 spiro atoms. The lowest BCUT2D eigenvalue weighted by atomic mass is 10.0. The van der Waals surface area contributed by atoms with E-state index in [0.29, 0.717) is 34.3 Å². The van der Waals surface area contributed by atoms with Gasteiger partial charge < -0.3 is 19.7 Å². The van der Waals surface area contributed by atoms with Gasteiger partial charge in [-0.25, -0.2) is 0 Å². The number of hydrogen-bond acceptors (Lipinski definition) is 4. The summed E-state index contributed by atoms with van der Waals surface area (Å²) in [6.07, 6.45) is 0.0930. The van der Waals surface area contributed by atoms with Crippen molar-refractivity contribution >= 4 is 29.1 Å². The summed E-state index contributed by atoms with van der Waals surface area (Å²) in [5.74, 6) is 0.930. The zero-order valence-corrected chi connectivity index (χ0v) is 18.6. The summed E-state index contributed by atoms with van der Waals surface area (Å²) in [7, 11) is 3.13. The lowest BCUT2D eigenvalue weighted by Crippen LogP contribution is -2.32. The Morgan fingerprint density at radius 1 is 1.06 bits per heavy atom. The van der Waals surface area contributed by atoms with Crippen molar-refractivity contribution < 1.29 is 19.1 Å². The van der Waals surface area contributed by atoms with E-state index in [9.17, 15) is 9.59 Å². The number of benzene rings is 3. The minimum atomic E-state index is -0.436. The third kappa shape index (κ3) is 4.41. The number of halogens is 1. The molecule has 0 aromatic heterocycles. The Labute approximate surface area is 191 Å². The molecule has 3 aromatic rings. The molecule has 6 nitrogen and oxygen atoms in total.